The van der Waals surface area contributed by atoms with Gasteiger partial charge in [0.25, 0.3) is 0 Å². The highest BCUT2D eigenvalue weighted by Gasteiger charge is 2.20. The average Bonchev–Trinajstić information content (AvgIpc) is 2.91. The van der Waals surface area contributed by atoms with Crippen molar-refractivity contribution in [1.29, 1.82) is 0 Å². The van der Waals surface area contributed by atoms with Crippen LogP contribution in [-0.2, 0) is 22.7 Å². The summed E-state index contributed by atoms with van der Waals surface area (Å²) >= 11 is 0. The minimum absolute atomic E-state index is 0.215. The molecule has 0 aliphatic carbocycles. The molecule has 23 heavy (non-hydrogen) atoms. The third kappa shape index (κ3) is 3.36. The van der Waals surface area contributed by atoms with E-state index in [1.165, 1.54) is 0 Å². The molecule has 0 radical (unpaired) electrons. The first-order valence-electron chi connectivity index (χ1n) is 7.22. The summed E-state index contributed by atoms with van der Waals surface area (Å²) in [5, 5.41) is 0. The Morgan fingerprint density at radius 2 is 1.78 bits per heavy atom. The van der Waals surface area contributed by atoms with Crippen LogP contribution in [0, 0.1) is 0 Å². The van der Waals surface area contributed by atoms with Crippen LogP contribution in [0.4, 0.5) is 0 Å². The average molecular weight is 326 g/mol. The molecule has 0 saturated carbocycles. The first kappa shape index (κ1) is 15.5. The highest BCUT2D eigenvalue weighted by molar-refractivity contribution is 7.38. The van der Waals surface area contributed by atoms with E-state index in [2.05, 4.69) is 4.98 Å². The van der Waals surface area contributed by atoms with Crippen molar-refractivity contribution >= 4 is 8.03 Å². The van der Waals surface area contributed by atoms with Crippen molar-refractivity contribution in [3.63, 3.8) is 0 Å². The van der Waals surface area contributed by atoms with Crippen molar-refractivity contribution in [3.05, 3.63) is 60.7 Å². The zero-order valence-electron chi connectivity index (χ0n) is 13.0. The van der Waals surface area contributed by atoms with Crippen molar-refractivity contribution in [3.8, 4) is 22.5 Å². The van der Waals surface area contributed by atoms with Crippen molar-refractivity contribution in [1.82, 2.24) is 14.5 Å². The van der Waals surface area contributed by atoms with Gasteiger partial charge in [0, 0.05) is 30.6 Å². The lowest BCUT2D eigenvalue weighted by Crippen LogP contribution is -2.00. The Labute approximate surface area is 135 Å². The fraction of sp³-hybridized carbons (Fsp3) is 0.176. The topological polar surface area (TPSA) is 57.0 Å². The second-order valence-corrected chi connectivity index (χ2v) is 6.24. The molecular weight excluding hydrogens is 309 g/mol. The van der Waals surface area contributed by atoms with Gasteiger partial charge in [0.05, 0.1) is 11.4 Å². The molecule has 2 aromatic heterocycles. The predicted octanol–water partition coefficient (Wildman–Crippen LogP) is 4.04. The fourth-order valence-corrected chi connectivity index (χ4v) is 2.76. The second kappa shape index (κ2) is 6.82. The normalized spacial score (nSPS) is 11.5. The van der Waals surface area contributed by atoms with E-state index < -0.39 is 8.03 Å². The summed E-state index contributed by atoms with van der Waals surface area (Å²) in [6, 6.07) is 13.9. The monoisotopic (exact) mass is 326 g/mol. The number of aromatic nitrogens is 3. The van der Waals surface area contributed by atoms with Crippen LogP contribution in [-0.4, -0.2) is 21.2 Å². The summed E-state index contributed by atoms with van der Waals surface area (Å²) in [6.07, 6.45) is 3.52. The SMILES string of the molecule is Cn1c(CO[P+](C)=O)nc(-c2ccccc2)c1-c1ccncc1. The van der Waals surface area contributed by atoms with Crippen molar-refractivity contribution in [2.24, 2.45) is 7.05 Å². The number of nitrogens with zero attached hydrogens (tertiary/aromatic N) is 3. The Balaban J connectivity index is 2.13. The molecule has 1 unspecified atom stereocenters. The lowest BCUT2D eigenvalue weighted by atomic mass is 10.1. The number of hydrogen-bond donors (Lipinski definition) is 0. The van der Waals surface area contributed by atoms with E-state index in [0.717, 1.165) is 28.3 Å². The Hall–Kier alpha value is -2.36. The van der Waals surface area contributed by atoms with Gasteiger partial charge in [0.2, 0.25) is 0 Å². The highest BCUT2D eigenvalue weighted by Crippen LogP contribution is 2.32. The number of imidazole rings is 1. The predicted molar refractivity (Wildman–Crippen MR) is 90.2 cm³/mol. The van der Waals surface area contributed by atoms with Crippen LogP contribution in [0.2, 0.25) is 0 Å². The molecule has 5 nitrogen and oxygen atoms in total. The summed E-state index contributed by atoms with van der Waals surface area (Å²) < 4.78 is 18.5. The first-order valence-corrected chi connectivity index (χ1v) is 8.84. The molecule has 2 heterocycles. The molecule has 0 aliphatic rings. The van der Waals surface area contributed by atoms with E-state index in [1.807, 2.05) is 54.1 Å². The minimum Gasteiger partial charge on any atom is -0.328 e. The Morgan fingerprint density at radius 3 is 2.43 bits per heavy atom. The standard InChI is InChI=1S/C17H17N3O2P/c1-20-15(12-22-23(2)21)19-16(13-6-4-3-5-7-13)17(20)14-8-10-18-11-9-14/h3-11H,12H2,1-2H3/q+1. The van der Waals surface area contributed by atoms with E-state index in [-0.39, 0.29) is 6.61 Å². The van der Waals surface area contributed by atoms with Crippen molar-refractivity contribution in [2.75, 3.05) is 6.66 Å². The molecule has 0 aliphatic heterocycles. The second-order valence-electron chi connectivity index (χ2n) is 5.10. The van der Waals surface area contributed by atoms with Crippen LogP contribution >= 0.6 is 8.03 Å². The van der Waals surface area contributed by atoms with E-state index in [1.54, 1.807) is 19.1 Å². The lowest BCUT2D eigenvalue weighted by molar-refractivity contribution is 0.308. The van der Waals surface area contributed by atoms with Gasteiger partial charge in [-0.15, -0.1) is 4.52 Å². The van der Waals surface area contributed by atoms with Crippen LogP contribution < -0.4 is 0 Å². The van der Waals surface area contributed by atoms with Crippen molar-refractivity contribution < 1.29 is 9.09 Å². The van der Waals surface area contributed by atoms with Crippen LogP contribution in [0.3, 0.4) is 0 Å². The largest absolute Gasteiger partial charge is 0.505 e. The van der Waals surface area contributed by atoms with Gasteiger partial charge in [0.1, 0.15) is 5.82 Å². The fourth-order valence-electron chi connectivity index (χ4n) is 2.46. The smallest absolute Gasteiger partial charge is 0.328 e. The van der Waals surface area contributed by atoms with Gasteiger partial charge in [0.15, 0.2) is 13.3 Å². The molecule has 1 atom stereocenters. The van der Waals surface area contributed by atoms with E-state index in [9.17, 15) is 4.57 Å². The Kier molecular flexibility index (Phi) is 4.60. The number of benzene rings is 1. The zero-order chi connectivity index (χ0) is 16.2. The van der Waals surface area contributed by atoms with Gasteiger partial charge < -0.3 is 4.57 Å². The summed E-state index contributed by atoms with van der Waals surface area (Å²) in [5.41, 5.74) is 3.93. The Morgan fingerprint density at radius 1 is 1.09 bits per heavy atom. The molecular formula is C17H17N3O2P+. The van der Waals surface area contributed by atoms with Crippen molar-refractivity contribution in [2.45, 2.75) is 6.61 Å². The summed E-state index contributed by atoms with van der Waals surface area (Å²) in [4.78, 5) is 8.79. The van der Waals surface area contributed by atoms with Crippen LogP contribution in [0.5, 0.6) is 0 Å². The molecule has 0 bridgehead atoms. The van der Waals surface area contributed by atoms with Crippen LogP contribution in [0.25, 0.3) is 22.5 Å². The molecule has 116 valence electrons. The molecule has 1 aromatic carbocycles. The van der Waals surface area contributed by atoms with E-state index >= 15 is 0 Å². The third-order valence-electron chi connectivity index (χ3n) is 3.56. The Bertz CT molecular complexity index is 817. The van der Waals surface area contributed by atoms with E-state index in [0.29, 0.717) is 0 Å². The molecule has 3 aromatic rings. The zero-order valence-corrected chi connectivity index (χ0v) is 13.9. The maximum atomic E-state index is 11.2. The third-order valence-corrected chi connectivity index (χ3v) is 4.06. The van der Waals surface area contributed by atoms with Gasteiger partial charge in [-0.05, 0) is 16.7 Å². The lowest BCUT2D eigenvalue weighted by Gasteiger charge is -2.07. The van der Waals surface area contributed by atoms with E-state index in [4.69, 9.17) is 9.51 Å². The van der Waals surface area contributed by atoms with Gasteiger partial charge in [-0.2, -0.15) is 0 Å². The first-order chi connectivity index (χ1) is 11.2. The molecule has 0 amide bonds. The maximum absolute atomic E-state index is 11.2. The van der Waals surface area contributed by atoms with Crippen LogP contribution in [0.1, 0.15) is 5.82 Å². The number of rotatable bonds is 5. The molecule has 3 rings (SSSR count). The number of hydrogen-bond acceptors (Lipinski definition) is 4. The maximum Gasteiger partial charge on any atom is 0.505 e. The summed E-state index contributed by atoms with van der Waals surface area (Å²) in [6.45, 7) is 1.76. The summed E-state index contributed by atoms with van der Waals surface area (Å²) in [7, 11) is 0.282. The minimum atomic E-state index is -1.66. The molecule has 0 spiro atoms. The molecule has 6 heteroatoms. The molecule has 0 fully saturated rings. The molecule has 0 saturated heterocycles. The number of pyridine rings is 1. The van der Waals surface area contributed by atoms with Gasteiger partial charge in [-0.1, -0.05) is 30.3 Å². The highest BCUT2D eigenvalue weighted by atomic mass is 31.1. The van der Waals surface area contributed by atoms with Gasteiger partial charge in [-0.25, -0.2) is 4.98 Å². The van der Waals surface area contributed by atoms with Gasteiger partial charge >= 0.3 is 8.03 Å². The van der Waals surface area contributed by atoms with Gasteiger partial charge in [-0.3, -0.25) is 4.98 Å². The van der Waals surface area contributed by atoms with Crippen LogP contribution in [0.15, 0.2) is 54.9 Å². The summed E-state index contributed by atoms with van der Waals surface area (Å²) in [5.74, 6) is 0.737. The molecule has 0 N–H and O–H groups in total. The quantitative estimate of drug-likeness (QED) is 0.664.